The number of pyridine rings is 2. The van der Waals surface area contributed by atoms with Crippen LogP contribution in [-0.4, -0.2) is 40.0 Å². The number of nitrogens with zero attached hydrogens (tertiary/aromatic N) is 3. The maximum absolute atomic E-state index is 9.56. The number of aryl methyl sites for hydroxylation is 1. The minimum absolute atomic E-state index is 0.0958. The second kappa shape index (κ2) is 9.95. The molecule has 0 radical (unpaired) electrons. The van der Waals surface area contributed by atoms with Gasteiger partial charge < -0.3 is 20.5 Å². The summed E-state index contributed by atoms with van der Waals surface area (Å²) in [5, 5.41) is 19.1. The van der Waals surface area contributed by atoms with Crippen molar-refractivity contribution in [3.63, 3.8) is 0 Å². The molecule has 7 nitrogen and oxygen atoms in total. The smallest absolute Gasteiger partial charge is 0.128 e. The summed E-state index contributed by atoms with van der Waals surface area (Å²) >= 11 is 12.6. The van der Waals surface area contributed by atoms with Crippen LogP contribution in [0.15, 0.2) is 42.7 Å². The van der Waals surface area contributed by atoms with Crippen molar-refractivity contribution < 1.29 is 9.84 Å². The van der Waals surface area contributed by atoms with E-state index in [2.05, 4.69) is 14.9 Å². The van der Waals surface area contributed by atoms with E-state index in [9.17, 15) is 5.11 Å². The van der Waals surface area contributed by atoms with E-state index in [1.165, 1.54) is 0 Å². The van der Waals surface area contributed by atoms with Crippen LogP contribution >= 0.6 is 23.2 Å². The van der Waals surface area contributed by atoms with Gasteiger partial charge in [0, 0.05) is 41.3 Å². The van der Waals surface area contributed by atoms with Crippen LogP contribution in [0.25, 0.3) is 0 Å². The van der Waals surface area contributed by atoms with Crippen molar-refractivity contribution >= 4 is 40.4 Å². The quantitative estimate of drug-likeness (QED) is 0.332. The maximum atomic E-state index is 9.56. The number of hydrogen-bond donors (Lipinski definition) is 3. The number of rotatable bonds is 7. The zero-order chi connectivity index (χ0) is 23.5. The Bertz CT molecular complexity index is 1170. The van der Waals surface area contributed by atoms with E-state index < -0.39 is 0 Å². The fourth-order valence-corrected chi connectivity index (χ4v) is 4.38. The third-order valence-corrected chi connectivity index (χ3v) is 6.67. The molecule has 1 unspecified atom stereocenters. The van der Waals surface area contributed by atoms with Crippen LogP contribution in [0.3, 0.4) is 0 Å². The Hall–Kier alpha value is -2.87. The first-order valence-corrected chi connectivity index (χ1v) is 11.4. The molecule has 0 amide bonds. The Labute approximate surface area is 202 Å². The third-order valence-electron chi connectivity index (χ3n) is 5.84. The molecule has 0 saturated carbocycles. The highest BCUT2D eigenvalue weighted by atomic mass is 35.5. The Morgan fingerprint density at radius 1 is 1.24 bits per heavy atom. The molecule has 3 aromatic rings. The van der Waals surface area contributed by atoms with E-state index >= 15 is 0 Å². The summed E-state index contributed by atoms with van der Waals surface area (Å²) in [6.45, 7) is 2.94. The Morgan fingerprint density at radius 2 is 2.06 bits per heavy atom. The van der Waals surface area contributed by atoms with E-state index in [4.69, 9.17) is 39.1 Å². The highest BCUT2D eigenvalue weighted by Gasteiger charge is 2.25. The normalized spacial score (nSPS) is 15.6. The van der Waals surface area contributed by atoms with Gasteiger partial charge in [-0.1, -0.05) is 23.2 Å². The van der Waals surface area contributed by atoms with Gasteiger partial charge in [-0.25, -0.2) is 4.98 Å². The lowest BCUT2D eigenvalue weighted by molar-refractivity contribution is 0.266. The molecule has 172 valence electrons. The molecule has 0 bridgehead atoms. The van der Waals surface area contributed by atoms with E-state index in [1.807, 2.05) is 12.1 Å². The number of hydrogen-bond acceptors (Lipinski definition) is 7. The molecule has 1 fully saturated rings. The lowest BCUT2D eigenvalue weighted by Gasteiger charge is -2.24. The fraction of sp³-hybridized carbons (Fsp3) is 0.292. The lowest BCUT2D eigenvalue weighted by Crippen LogP contribution is -2.32. The van der Waals surface area contributed by atoms with E-state index in [0.717, 1.165) is 25.2 Å². The van der Waals surface area contributed by atoms with E-state index in [0.29, 0.717) is 43.9 Å². The summed E-state index contributed by atoms with van der Waals surface area (Å²) < 4.78 is 5.91. The van der Waals surface area contributed by atoms with Gasteiger partial charge in [-0.15, -0.1) is 0 Å². The summed E-state index contributed by atoms with van der Waals surface area (Å²) in [7, 11) is 0. The molecule has 1 aliphatic rings. The topological polar surface area (TPSA) is 108 Å². The minimum Gasteiger partial charge on any atom is -0.489 e. The molecule has 0 aliphatic carbocycles. The predicted octanol–water partition coefficient (Wildman–Crippen LogP) is 4.63. The summed E-state index contributed by atoms with van der Waals surface area (Å²) in [6.07, 6.45) is 5.20. The molecule has 4 rings (SSSR count). The Kier molecular flexibility index (Phi) is 7.02. The zero-order valence-corrected chi connectivity index (χ0v) is 19.7. The number of nitrogens with two attached hydrogens (primary N) is 1. The highest BCUT2D eigenvalue weighted by Crippen LogP contribution is 2.29. The molecule has 1 aromatic carbocycles. The van der Waals surface area contributed by atoms with Gasteiger partial charge >= 0.3 is 0 Å². The van der Waals surface area contributed by atoms with Crippen molar-refractivity contribution in [1.29, 1.82) is 5.41 Å². The second-order valence-electron chi connectivity index (χ2n) is 7.97. The van der Waals surface area contributed by atoms with E-state index in [1.54, 1.807) is 37.5 Å². The number of nitrogen functional groups attached to an aromatic ring is 1. The second-order valence-corrected chi connectivity index (χ2v) is 8.76. The third kappa shape index (κ3) is 4.90. The first-order valence-electron chi connectivity index (χ1n) is 10.6. The SMILES string of the molecule is Cc1ncc(Cl)c(COc2ccc(N)c(C(=N)c3ccc(N4CCCC4CO)nc3)c2)c1Cl. The van der Waals surface area contributed by atoms with Crippen molar-refractivity contribution in [2.24, 2.45) is 0 Å². The van der Waals surface area contributed by atoms with Crippen molar-refractivity contribution in [2.75, 3.05) is 23.8 Å². The van der Waals surface area contributed by atoms with Crippen LogP contribution in [0.1, 0.15) is 35.2 Å². The van der Waals surface area contributed by atoms with Crippen LogP contribution in [0.4, 0.5) is 11.5 Å². The summed E-state index contributed by atoms with van der Waals surface area (Å²) in [5.74, 6) is 1.34. The molecule has 1 atom stereocenters. The number of benzene rings is 1. The summed E-state index contributed by atoms with van der Waals surface area (Å²) in [6, 6.07) is 9.00. The molecule has 1 saturated heterocycles. The molecule has 9 heteroatoms. The van der Waals surface area contributed by atoms with Gasteiger partial charge in [-0.2, -0.15) is 0 Å². The molecule has 3 heterocycles. The molecular formula is C24H25Cl2N5O2. The number of ether oxygens (including phenoxy) is 1. The van der Waals surface area contributed by atoms with Gasteiger partial charge in [0.25, 0.3) is 0 Å². The number of aliphatic hydroxyl groups is 1. The molecule has 33 heavy (non-hydrogen) atoms. The van der Waals surface area contributed by atoms with Gasteiger partial charge in [0.15, 0.2) is 0 Å². The standard InChI is InChI=1S/C24H25Cl2N5O2/c1-14-23(26)19(20(25)11-29-14)13-33-17-5-6-21(27)18(9-17)24(28)15-4-7-22(30-10-15)31-8-2-3-16(31)12-32/h4-7,9-11,16,28,32H,2-3,8,12-13,27H2,1H3. The van der Waals surface area contributed by atoms with Crippen LogP contribution in [0, 0.1) is 12.3 Å². The van der Waals surface area contributed by atoms with Gasteiger partial charge in [-0.3, -0.25) is 10.4 Å². The number of halogens is 2. The monoisotopic (exact) mass is 485 g/mol. The molecule has 0 spiro atoms. The van der Waals surface area contributed by atoms with Crippen LogP contribution < -0.4 is 15.4 Å². The van der Waals surface area contributed by atoms with Crippen molar-refractivity contribution in [2.45, 2.75) is 32.4 Å². The van der Waals surface area contributed by atoms with Crippen LogP contribution in [-0.2, 0) is 6.61 Å². The Balaban J connectivity index is 1.52. The number of aromatic nitrogens is 2. The zero-order valence-electron chi connectivity index (χ0n) is 18.2. The average Bonchev–Trinajstić information content (AvgIpc) is 3.31. The Morgan fingerprint density at radius 3 is 2.79 bits per heavy atom. The van der Waals surface area contributed by atoms with E-state index in [-0.39, 0.29) is 25.0 Å². The number of aliphatic hydroxyl groups excluding tert-OH is 1. The first kappa shape index (κ1) is 23.3. The molecule has 1 aliphatic heterocycles. The van der Waals surface area contributed by atoms with Crippen molar-refractivity contribution in [3.8, 4) is 5.75 Å². The van der Waals surface area contributed by atoms with Gasteiger partial charge in [0.1, 0.15) is 18.2 Å². The number of nitrogens with one attached hydrogen (secondary N) is 1. The van der Waals surface area contributed by atoms with Crippen LogP contribution in [0.2, 0.25) is 10.0 Å². The summed E-state index contributed by atoms with van der Waals surface area (Å²) in [4.78, 5) is 10.8. The molecule has 2 aromatic heterocycles. The van der Waals surface area contributed by atoms with Gasteiger partial charge in [0.05, 0.1) is 34.1 Å². The molecule has 4 N–H and O–H groups in total. The predicted molar refractivity (Wildman–Crippen MR) is 132 cm³/mol. The minimum atomic E-state index is 0.0958. The number of anilines is 2. The van der Waals surface area contributed by atoms with Crippen molar-refractivity contribution in [3.05, 3.63) is 75.2 Å². The summed E-state index contributed by atoms with van der Waals surface area (Å²) in [5.41, 5.74) is 9.38. The van der Waals surface area contributed by atoms with Gasteiger partial charge in [0.2, 0.25) is 0 Å². The fourth-order valence-electron chi connectivity index (χ4n) is 3.93. The molecular weight excluding hydrogens is 461 g/mol. The largest absolute Gasteiger partial charge is 0.489 e. The van der Waals surface area contributed by atoms with Gasteiger partial charge in [-0.05, 0) is 50.1 Å². The maximum Gasteiger partial charge on any atom is 0.128 e. The van der Waals surface area contributed by atoms with Crippen molar-refractivity contribution in [1.82, 2.24) is 9.97 Å². The highest BCUT2D eigenvalue weighted by molar-refractivity contribution is 6.36. The lowest BCUT2D eigenvalue weighted by atomic mass is 10.0. The first-order chi connectivity index (χ1) is 15.9. The average molecular weight is 486 g/mol. The van der Waals surface area contributed by atoms with Crippen LogP contribution in [0.5, 0.6) is 5.75 Å².